The Kier molecular flexibility index (Phi) is 5.67. The van der Waals surface area contributed by atoms with Gasteiger partial charge in [-0.15, -0.1) is 11.3 Å². The standard InChI is InChI=1S/C22H19FN2O4S/c1-13-10-18(25-21(26)14-4-2-6-16(23)11-14)30-20(13)22(27)24-12-15-5-3-7-17-19(15)29-9-8-28-17/h2-7,10-11H,8-9,12H2,1H3,(H,24,27)(H,25,26). The van der Waals surface area contributed by atoms with Crippen molar-refractivity contribution in [3.8, 4) is 11.5 Å². The highest BCUT2D eigenvalue weighted by molar-refractivity contribution is 7.18. The van der Waals surface area contributed by atoms with E-state index in [4.69, 9.17) is 9.47 Å². The third-order valence-corrected chi connectivity index (χ3v) is 5.69. The van der Waals surface area contributed by atoms with Crippen molar-refractivity contribution in [1.82, 2.24) is 5.32 Å². The number of fused-ring (bicyclic) bond motifs is 1. The number of aryl methyl sites for hydroxylation is 1. The number of ether oxygens (including phenoxy) is 2. The Hall–Kier alpha value is -3.39. The van der Waals surface area contributed by atoms with Gasteiger partial charge < -0.3 is 20.1 Å². The number of rotatable bonds is 5. The maximum Gasteiger partial charge on any atom is 0.261 e. The summed E-state index contributed by atoms with van der Waals surface area (Å²) in [5.41, 5.74) is 1.78. The van der Waals surface area contributed by atoms with Gasteiger partial charge in [0.05, 0.1) is 9.88 Å². The van der Waals surface area contributed by atoms with Crippen molar-refractivity contribution in [1.29, 1.82) is 0 Å². The van der Waals surface area contributed by atoms with Crippen molar-refractivity contribution in [2.45, 2.75) is 13.5 Å². The van der Waals surface area contributed by atoms with Crippen molar-refractivity contribution < 1.29 is 23.5 Å². The van der Waals surface area contributed by atoms with Gasteiger partial charge in [0, 0.05) is 17.7 Å². The Labute approximate surface area is 176 Å². The molecule has 0 fully saturated rings. The summed E-state index contributed by atoms with van der Waals surface area (Å²) in [5.74, 6) is 0.147. The van der Waals surface area contributed by atoms with E-state index in [2.05, 4.69) is 10.6 Å². The van der Waals surface area contributed by atoms with Crippen LogP contribution in [0.15, 0.2) is 48.5 Å². The number of halogens is 1. The maximum absolute atomic E-state index is 13.3. The quantitative estimate of drug-likeness (QED) is 0.643. The highest BCUT2D eigenvalue weighted by atomic mass is 32.1. The van der Waals surface area contributed by atoms with Crippen LogP contribution in [0.2, 0.25) is 0 Å². The predicted octanol–water partition coefficient (Wildman–Crippen LogP) is 4.15. The minimum atomic E-state index is -0.484. The summed E-state index contributed by atoms with van der Waals surface area (Å²) in [6.45, 7) is 3.05. The summed E-state index contributed by atoms with van der Waals surface area (Å²) in [5, 5.41) is 6.11. The Bertz CT molecular complexity index is 1110. The highest BCUT2D eigenvalue weighted by Crippen LogP contribution is 2.33. The van der Waals surface area contributed by atoms with Gasteiger partial charge >= 0.3 is 0 Å². The normalized spacial score (nSPS) is 12.3. The summed E-state index contributed by atoms with van der Waals surface area (Å²) >= 11 is 1.17. The van der Waals surface area contributed by atoms with Crippen LogP contribution in [0.4, 0.5) is 9.39 Å². The fourth-order valence-corrected chi connectivity index (χ4v) is 4.10. The number of para-hydroxylation sites is 1. The molecule has 0 radical (unpaired) electrons. The monoisotopic (exact) mass is 426 g/mol. The van der Waals surface area contributed by atoms with E-state index in [-0.39, 0.29) is 18.0 Å². The third kappa shape index (κ3) is 4.28. The van der Waals surface area contributed by atoms with Gasteiger partial charge in [-0.25, -0.2) is 4.39 Å². The smallest absolute Gasteiger partial charge is 0.261 e. The molecule has 0 saturated carbocycles. The Morgan fingerprint density at radius 2 is 1.87 bits per heavy atom. The molecule has 4 rings (SSSR count). The number of carbonyl (C=O) groups is 2. The first-order chi connectivity index (χ1) is 14.5. The lowest BCUT2D eigenvalue weighted by atomic mass is 10.1. The van der Waals surface area contributed by atoms with E-state index in [1.807, 2.05) is 18.2 Å². The van der Waals surface area contributed by atoms with Crippen LogP contribution >= 0.6 is 11.3 Å². The number of anilines is 1. The Morgan fingerprint density at radius 3 is 2.70 bits per heavy atom. The van der Waals surface area contributed by atoms with Gasteiger partial charge in [0.15, 0.2) is 11.5 Å². The lowest BCUT2D eigenvalue weighted by Crippen LogP contribution is -2.24. The summed E-state index contributed by atoms with van der Waals surface area (Å²) < 4.78 is 24.5. The van der Waals surface area contributed by atoms with Crippen molar-refractivity contribution >= 4 is 28.2 Å². The SMILES string of the molecule is Cc1cc(NC(=O)c2cccc(F)c2)sc1C(=O)NCc1cccc2c1OCCO2. The fraction of sp³-hybridized carbons (Fsp3) is 0.182. The van der Waals surface area contributed by atoms with Crippen LogP contribution in [-0.4, -0.2) is 25.0 Å². The van der Waals surface area contributed by atoms with Gasteiger partial charge in [-0.05, 0) is 42.8 Å². The lowest BCUT2D eigenvalue weighted by Gasteiger charge is -2.21. The van der Waals surface area contributed by atoms with Crippen molar-refractivity contribution in [2.24, 2.45) is 0 Å². The summed E-state index contributed by atoms with van der Waals surface area (Å²) in [6, 6.07) is 12.7. The zero-order chi connectivity index (χ0) is 21.1. The minimum absolute atomic E-state index is 0.211. The van der Waals surface area contributed by atoms with E-state index in [9.17, 15) is 14.0 Å². The molecular formula is C22H19FN2O4S. The molecule has 0 aliphatic carbocycles. The van der Waals surface area contributed by atoms with E-state index in [1.165, 1.54) is 29.5 Å². The number of hydrogen-bond donors (Lipinski definition) is 2. The molecule has 1 aliphatic heterocycles. The second-order valence-electron chi connectivity index (χ2n) is 6.71. The van der Waals surface area contributed by atoms with Crippen molar-refractivity contribution in [3.63, 3.8) is 0 Å². The van der Waals surface area contributed by atoms with E-state index in [0.717, 1.165) is 17.2 Å². The van der Waals surface area contributed by atoms with E-state index in [0.29, 0.717) is 34.6 Å². The van der Waals surface area contributed by atoms with Gasteiger partial charge in [0.1, 0.15) is 19.0 Å². The van der Waals surface area contributed by atoms with Crippen LogP contribution in [0, 0.1) is 12.7 Å². The van der Waals surface area contributed by atoms with Crippen molar-refractivity contribution in [3.05, 3.63) is 75.9 Å². The molecule has 1 aliphatic rings. The number of benzene rings is 2. The van der Waals surface area contributed by atoms with Gasteiger partial charge in [-0.3, -0.25) is 9.59 Å². The average molecular weight is 426 g/mol. The molecule has 0 atom stereocenters. The zero-order valence-corrected chi connectivity index (χ0v) is 17.0. The fourth-order valence-electron chi connectivity index (χ4n) is 3.11. The topological polar surface area (TPSA) is 76.7 Å². The van der Waals surface area contributed by atoms with Gasteiger partial charge in [0.25, 0.3) is 11.8 Å². The van der Waals surface area contributed by atoms with Crippen LogP contribution in [0.1, 0.15) is 31.2 Å². The van der Waals surface area contributed by atoms with Crippen LogP contribution in [0.25, 0.3) is 0 Å². The summed E-state index contributed by atoms with van der Waals surface area (Å²) in [4.78, 5) is 25.5. The van der Waals surface area contributed by atoms with Crippen LogP contribution in [-0.2, 0) is 6.54 Å². The molecule has 2 amide bonds. The molecule has 0 saturated heterocycles. The molecule has 2 aromatic carbocycles. The molecule has 2 heterocycles. The zero-order valence-electron chi connectivity index (χ0n) is 16.2. The molecule has 0 spiro atoms. The molecule has 1 aromatic heterocycles. The number of thiophene rings is 1. The number of hydrogen-bond acceptors (Lipinski definition) is 5. The van der Waals surface area contributed by atoms with Gasteiger partial charge in [-0.2, -0.15) is 0 Å². The second-order valence-corrected chi connectivity index (χ2v) is 7.76. The predicted molar refractivity (Wildman–Crippen MR) is 112 cm³/mol. The first kappa shape index (κ1) is 19.9. The second kappa shape index (κ2) is 8.54. The molecule has 30 heavy (non-hydrogen) atoms. The summed E-state index contributed by atoms with van der Waals surface area (Å²) in [6.07, 6.45) is 0. The van der Waals surface area contributed by atoms with Crippen LogP contribution < -0.4 is 20.1 Å². The van der Waals surface area contributed by atoms with E-state index in [1.54, 1.807) is 13.0 Å². The highest BCUT2D eigenvalue weighted by Gasteiger charge is 2.19. The molecule has 2 N–H and O–H groups in total. The molecular weight excluding hydrogens is 407 g/mol. The van der Waals surface area contributed by atoms with Crippen LogP contribution in [0.3, 0.4) is 0 Å². The minimum Gasteiger partial charge on any atom is -0.486 e. The largest absolute Gasteiger partial charge is 0.486 e. The first-order valence-electron chi connectivity index (χ1n) is 9.34. The number of nitrogens with one attached hydrogen (secondary N) is 2. The third-order valence-electron chi connectivity index (χ3n) is 4.53. The summed E-state index contributed by atoms with van der Waals surface area (Å²) in [7, 11) is 0. The van der Waals surface area contributed by atoms with Gasteiger partial charge in [0.2, 0.25) is 0 Å². The molecule has 0 bridgehead atoms. The van der Waals surface area contributed by atoms with Gasteiger partial charge in [-0.1, -0.05) is 18.2 Å². The Morgan fingerprint density at radius 1 is 1.07 bits per heavy atom. The first-order valence-corrected chi connectivity index (χ1v) is 10.2. The number of amides is 2. The van der Waals surface area contributed by atoms with Crippen molar-refractivity contribution in [2.75, 3.05) is 18.5 Å². The molecule has 6 nitrogen and oxygen atoms in total. The van der Waals surface area contributed by atoms with Crippen LogP contribution in [0.5, 0.6) is 11.5 Å². The lowest BCUT2D eigenvalue weighted by molar-refractivity contribution is 0.0952. The molecule has 0 unspecified atom stereocenters. The molecule has 3 aromatic rings. The molecule has 8 heteroatoms. The van der Waals surface area contributed by atoms with E-state index < -0.39 is 11.7 Å². The number of carbonyl (C=O) groups excluding carboxylic acids is 2. The molecule has 154 valence electrons. The Balaban J connectivity index is 1.43. The van der Waals surface area contributed by atoms with E-state index >= 15 is 0 Å². The average Bonchev–Trinajstić information content (AvgIpc) is 3.12. The maximum atomic E-state index is 13.3.